The average molecular weight is 359 g/mol. The summed E-state index contributed by atoms with van der Waals surface area (Å²) in [5.74, 6) is -0.324. The zero-order valence-corrected chi connectivity index (χ0v) is 14.4. The van der Waals surface area contributed by atoms with Crippen LogP contribution in [0.1, 0.15) is 20.8 Å². The first-order valence-electron chi connectivity index (χ1n) is 6.40. The lowest BCUT2D eigenvalue weighted by Crippen LogP contribution is -2.24. The number of hydrogen-bond acceptors (Lipinski definition) is 4. The topological polar surface area (TPSA) is 75.3 Å². The maximum atomic E-state index is 12.3. The van der Waals surface area contributed by atoms with Crippen LogP contribution in [0.15, 0.2) is 35.2 Å². The van der Waals surface area contributed by atoms with Gasteiger partial charge in [-0.25, -0.2) is 13.1 Å². The van der Waals surface area contributed by atoms with E-state index in [-0.39, 0.29) is 10.8 Å². The molecular formula is C14H15ClN2O3S2. The summed E-state index contributed by atoms with van der Waals surface area (Å²) in [6, 6.07) is 8.05. The Balaban J connectivity index is 2.20. The molecule has 1 amide bonds. The van der Waals surface area contributed by atoms with Crippen LogP contribution in [0, 0.1) is 6.92 Å². The van der Waals surface area contributed by atoms with Crippen LogP contribution in [0.25, 0.3) is 0 Å². The molecule has 0 saturated heterocycles. The van der Waals surface area contributed by atoms with Crippen LogP contribution in [-0.4, -0.2) is 21.4 Å². The number of carbonyl (C=O) groups excluding carboxylic acids is 1. The Morgan fingerprint density at radius 3 is 2.59 bits per heavy atom. The molecule has 2 N–H and O–H groups in total. The van der Waals surface area contributed by atoms with Crippen LogP contribution >= 0.6 is 22.9 Å². The van der Waals surface area contributed by atoms with Crippen LogP contribution in [0.4, 0.5) is 0 Å². The van der Waals surface area contributed by atoms with Crippen molar-refractivity contribution < 1.29 is 13.2 Å². The summed E-state index contributed by atoms with van der Waals surface area (Å²) in [6.45, 7) is 2.10. The summed E-state index contributed by atoms with van der Waals surface area (Å²) < 4.78 is 26.5. The fourth-order valence-corrected chi connectivity index (χ4v) is 3.62. The molecule has 0 aliphatic rings. The quantitative estimate of drug-likeness (QED) is 0.862. The van der Waals surface area contributed by atoms with Gasteiger partial charge in [0.1, 0.15) is 0 Å². The number of carbonyl (C=O) groups is 1. The Labute approximate surface area is 138 Å². The lowest BCUT2D eigenvalue weighted by atomic mass is 10.1. The number of sulfonamides is 1. The predicted molar refractivity (Wildman–Crippen MR) is 87.9 cm³/mol. The number of thiophene rings is 1. The van der Waals surface area contributed by atoms with E-state index in [4.69, 9.17) is 11.6 Å². The highest BCUT2D eigenvalue weighted by atomic mass is 35.5. The van der Waals surface area contributed by atoms with Gasteiger partial charge in [0, 0.05) is 10.4 Å². The largest absolute Gasteiger partial charge is 0.347 e. The van der Waals surface area contributed by atoms with Gasteiger partial charge < -0.3 is 5.32 Å². The van der Waals surface area contributed by atoms with E-state index in [1.54, 1.807) is 19.1 Å². The first-order chi connectivity index (χ1) is 10.3. The number of amides is 1. The first-order valence-corrected chi connectivity index (χ1v) is 9.08. The second-order valence-electron chi connectivity index (χ2n) is 4.57. The Kier molecular flexibility index (Phi) is 5.23. The van der Waals surface area contributed by atoms with Crippen molar-refractivity contribution in [3.8, 4) is 0 Å². The maximum absolute atomic E-state index is 12.3. The molecule has 0 saturated carbocycles. The monoisotopic (exact) mass is 358 g/mol. The van der Waals surface area contributed by atoms with E-state index in [0.717, 1.165) is 4.88 Å². The van der Waals surface area contributed by atoms with Crippen molar-refractivity contribution >= 4 is 38.9 Å². The lowest BCUT2D eigenvalue weighted by Gasteiger charge is -2.09. The molecule has 118 valence electrons. The highest BCUT2D eigenvalue weighted by Gasteiger charge is 2.16. The lowest BCUT2D eigenvalue weighted by molar-refractivity contribution is 0.0950. The fourth-order valence-electron chi connectivity index (χ4n) is 1.84. The van der Waals surface area contributed by atoms with Crippen molar-refractivity contribution in [3.63, 3.8) is 0 Å². The molecule has 1 aromatic carbocycles. The second kappa shape index (κ2) is 6.78. The maximum Gasteiger partial charge on any atom is 0.251 e. The standard InChI is InChI=1S/C14H15ClN2O3S2/c1-9-3-5-11(22(19,20)16-2)7-12(9)14(18)17-8-10-4-6-13(15)21-10/h3-7,16H,8H2,1-2H3,(H,17,18). The number of aryl methyl sites for hydroxylation is 1. The Morgan fingerprint density at radius 1 is 1.27 bits per heavy atom. The summed E-state index contributed by atoms with van der Waals surface area (Å²) in [5.41, 5.74) is 1.04. The molecule has 1 heterocycles. The van der Waals surface area contributed by atoms with Gasteiger partial charge >= 0.3 is 0 Å². The van der Waals surface area contributed by atoms with E-state index in [1.807, 2.05) is 6.07 Å². The molecular weight excluding hydrogens is 344 g/mol. The molecule has 1 aromatic heterocycles. The molecule has 0 fully saturated rings. The molecule has 0 unspecified atom stereocenters. The number of benzene rings is 1. The van der Waals surface area contributed by atoms with Crippen LogP contribution in [0.2, 0.25) is 4.34 Å². The zero-order valence-electron chi connectivity index (χ0n) is 12.0. The summed E-state index contributed by atoms with van der Waals surface area (Å²) in [7, 11) is -2.25. The minimum absolute atomic E-state index is 0.0601. The van der Waals surface area contributed by atoms with Gasteiger partial charge in [0.2, 0.25) is 10.0 Å². The molecule has 0 aliphatic heterocycles. The van der Waals surface area contributed by atoms with Crippen LogP contribution in [-0.2, 0) is 16.6 Å². The summed E-state index contributed by atoms with van der Waals surface area (Å²) in [6.07, 6.45) is 0. The van der Waals surface area contributed by atoms with Crippen molar-refractivity contribution in [2.75, 3.05) is 7.05 Å². The van der Waals surface area contributed by atoms with Crippen LogP contribution in [0.3, 0.4) is 0 Å². The van der Waals surface area contributed by atoms with E-state index >= 15 is 0 Å². The van der Waals surface area contributed by atoms with E-state index in [0.29, 0.717) is 22.0 Å². The molecule has 5 nitrogen and oxygen atoms in total. The third-order valence-corrected chi connectivity index (χ3v) is 5.73. The summed E-state index contributed by atoms with van der Waals surface area (Å²) in [4.78, 5) is 13.2. The van der Waals surface area contributed by atoms with E-state index < -0.39 is 10.0 Å². The minimum Gasteiger partial charge on any atom is -0.347 e. The smallest absolute Gasteiger partial charge is 0.251 e. The fraction of sp³-hybridized carbons (Fsp3) is 0.214. The highest BCUT2D eigenvalue weighted by Crippen LogP contribution is 2.21. The molecule has 0 bridgehead atoms. The van der Waals surface area contributed by atoms with Crippen LogP contribution in [0.5, 0.6) is 0 Å². The van der Waals surface area contributed by atoms with Crippen LogP contribution < -0.4 is 10.0 Å². The third-order valence-electron chi connectivity index (χ3n) is 3.08. The molecule has 8 heteroatoms. The third kappa shape index (κ3) is 3.86. The van der Waals surface area contributed by atoms with Crippen molar-refractivity contribution in [1.29, 1.82) is 0 Å². The van der Waals surface area contributed by atoms with E-state index in [2.05, 4.69) is 10.0 Å². The molecule has 2 rings (SSSR count). The average Bonchev–Trinajstić information content (AvgIpc) is 2.90. The Morgan fingerprint density at radius 2 is 2.00 bits per heavy atom. The van der Waals surface area contributed by atoms with Gasteiger partial charge in [-0.05, 0) is 43.8 Å². The first kappa shape index (κ1) is 17.0. The SMILES string of the molecule is CNS(=O)(=O)c1ccc(C)c(C(=O)NCc2ccc(Cl)s2)c1. The predicted octanol–water partition coefficient (Wildman–Crippen LogP) is 2.55. The van der Waals surface area contributed by atoms with Gasteiger partial charge in [-0.2, -0.15) is 0 Å². The van der Waals surface area contributed by atoms with Crippen molar-refractivity contribution in [2.45, 2.75) is 18.4 Å². The van der Waals surface area contributed by atoms with Gasteiger partial charge in [0.25, 0.3) is 5.91 Å². The van der Waals surface area contributed by atoms with Gasteiger partial charge in [0.05, 0.1) is 15.8 Å². The van der Waals surface area contributed by atoms with Gasteiger partial charge in [-0.15, -0.1) is 11.3 Å². The Hall–Kier alpha value is -1.41. The Bertz CT molecular complexity index is 800. The summed E-state index contributed by atoms with van der Waals surface area (Å²) >= 11 is 7.22. The normalized spacial score (nSPS) is 11.4. The molecule has 0 spiro atoms. The van der Waals surface area contributed by atoms with Gasteiger partial charge in [-0.1, -0.05) is 17.7 Å². The number of hydrogen-bond donors (Lipinski definition) is 2. The molecule has 2 aromatic rings. The minimum atomic E-state index is -3.58. The summed E-state index contributed by atoms with van der Waals surface area (Å²) in [5, 5.41) is 2.76. The van der Waals surface area contributed by atoms with Crippen molar-refractivity contribution in [1.82, 2.24) is 10.0 Å². The number of halogens is 1. The van der Waals surface area contributed by atoms with Crippen molar-refractivity contribution in [3.05, 3.63) is 50.7 Å². The molecule has 0 radical (unpaired) electrons. The van der Waals surface area contributed by atoms with Crippen molar-refractivity contribution in [2.24, 2.45) is 0 Å². The van der Waals surface area contributed by atoms with Gasteiger partial charge in [-0.3, -0.25) is 4.79 Å². The molecule has 0 aliphatic carbocycles. The van der Waals surface area contributed by atoms with E-state index in [1.165, 1.54) is 30.5 Å². The zero-order chi connectivity index (χ0) is 16.3. The van der Waals surface area contributed by atoms with E-state index in [9.17, 15) is 13.2 Å². The molecule has 0 atom stereocenters. The highest BCUT2D eigenvalue weighted by molar-refractivity contribution is 7.89. The number of nitrogens with one attached hydrogen (secondary N) is 2. The second-order valence-corrected chi connectivity index (χ2v) is 8.26. The number of rotatable bonds is 5. The van der Waals surface area contributed by atoms with Gasteiger partial charge in [0.15, 0.2) is 0 Å². The molecule has 22 heavy (non-hydrogen) atoms.